The van der Waals surface area contributed by atoms with Crippen molar-refractivity contribution in [2.45, 2.75) is 74.0 Å². The monoisotopic (exact) mass is 348 g/mol. The number of benzene rings is 1. The first-order valence-corrected chi connectivity index (χ1v) is 9.77. The molecule has 0 amide bonds. The van der Waals surface area contributed by atoms with E-state index in [0.29, 0.717) is 10.8 Å². The van der Waals surface area contributed by atoms with Crippen molar-refractivity contribution in [2.24, 2.45) is 0 Å². The Bertz CT molecular complexity index is 621. The first-order chi connectivity index (χ1) is 11.6. The number of thioether (sulfide) groups is 1. The molecule has 6 heteroatoms. The van der Waals surface area contributed by atoms with Crippen LogP contribution in [-0.2, 0) is 0 Å². The molecular formula is C18H24N2O3S. The van der Waals surface area contributed by atoms with Crippen molar-refractivity contribution in [1.29, 1.82) is 0 Å². The highest BCUT2D eigenvalue weighted by molar-refractivity contribution is 8.00. The summed E-state index contributed by atoms with van der Waals surface area (Å²) in [5.74, 6) is 0. The number of nitrogens with zero attached hydrogens (tertiary/aromatic N) is 2. The molecule has 2 fully saturated rings. The fourth-order valence-electron chi connectivity index (χ4n) is 3.62. The van der Waals surface area contributed by atoms with Crippen molar-refractivity contribution in [3.05, 3.63) is 39.1 Å². The minimum atomic E-state index is -0.392. The second kappa shape index (κ2) is 8.01. The fraction of sp³-hybridized carbons (Fsp3) is 0.611. The molecule has 1 aromatic carbocycles. The van der Waals surface area contributed by atoms with Crippen LogP contribution in [0.15, 0.2) is 23.1 Å². The van der Waals surface area contributed by atoms with Crippen molar-refractivity contribution in [3.8, 4) is 0 Å². The zero-order valence-electron chi connectivity index (χ0n) is 13.9. The third-order valence-corrected chi connectivity index (χ3v) is 6.43. The molecule has 0 heterocycles. The summed E-state index contributed by atoms with van der Waals surface area (Å²) in [7, 11) is 0. The van der Waals surface area contributed by atoms with E-state index in [0.717, 1.165) is 35.3 Å². The van der Waals surface area contributed by atoms with Crippen molar-refractivity contribution in [3.63, 3.8) is 0 Å². The van der Waals surface area contributed by atoms with Crippen molar-refractivity contribution >= 4 is 23.7 Å². The second-order valence-electron chi connectivity index (χ2n) is 6.78. The Morgan fingerprint density at radius 2 is 1.67 bits per heavy atom. The van der Waals surface area contributed by atoms with E-state index in [1.165, 1.54) is 32.1 Å². The Hall–Kier alpha value is -1.56. The number of rotatable bonds is 5. The zero-order chi connectivity index (χ0) is 16.9. The van der Waals surface area contributed by atoms with Crippen molar-refractivity contribution in [1.82, 2.24) is 0 Å². The number of nitro benzene ring substituents is 1. The molecule has 2 saturated carbocycles. The SMILES string of the molecule is O=[N+]([O-])c1ccc(SC2CCCC2)c(/C=[N+](\[O-])C2CCCCC2)c1. The minimum Gasteiger partial charge on any atom is -0.624 e. The van der Waals surface area contributed by atoms with Crippen LogP contribution < -0.4 is 0 Å². The molecule has 0 saturated heterocycles. The highest BCUT2D eigenvalue weighted by atomic mass is 32.2. The Morgan fingerprint density at radius 1 is 1.00 bits per heavy atom. The molecule has 0 aliphatic heterocycles. The second-order valence-corrected chi connectivity index (χ2v) is 8.13. The normalized spacial score (nSPS) is 20.4. The lowest BCUT2D eigenvalue weighted by Gasteiger charge is -2.21. The number of nitro groups is 1. The van der Waals surface area contributed by atoms with Crippen molar-refractivity contribution in [2.75, 3.05) is 0 Å². The maximum Gasteiger partial charge on any atom is 0.270 e. The first kappa shape index (κ1) is 17.3. The lowest BCUT2D eigenvalue weighted by atomic mass is 9.96. The summed E-state index contributed by atoms with van der Waals surface area (Å²) < 4.78 is 1.04. The van der Waals surface area contributed by atoms with Gasteiger partial charge >= 0.3 is 0 Å². The van der Waals surface area contributed by atoms with E-state index in [-0.39, 0.29) is 11.7 Å². The standard InChI is InChI=1S/C18H24N2O3S/c21-19(15-6-2-1-3-7-15)13-14-12-16(20(22)23)10-11-18(14)24-17-8-4-5-9-17/h10-13,15,17H,1-9H2/b19-13-. The molecule has 5 nitrogen and oxygen atoms in total. The summed E-state index contributed by atoms with van der Waals surface area (Å²) in [6.45, 7) is 0. The predicted molar refractivity (Wildman–Crippen MR) is 96.9 cm³/mol. The molecule has 0 spiro atoms. The number of hydrogen-bond acceptors (Lipinski definition) is 4. The van der Waals surface area contributed by atoms with E-state index in [1.807, 2.05) is 6.07 Å². The summed E-state index contributed by atoms with van der Waals surface area (Å²) >= 11 is 1.77. The predicted octanol–water partition coefficient (Wildman–Crippen LogP) is 4.89. The van der Waals surface area contributed by atoms with Crippen LogP contribution in [0.1, 0.15) is 63.4 Å². The number of hydrogen-bond donors (Lipinski definition) is 0. The van der Waals surface area contributed by atoms with Gasteiger partial charge in [-0.1, -0.05) is 19.3 Å². The summed E-state index contributed by atoms with van der Waals surface area (Å²) in [4.78, 5) is 11.7. The largest absolute Gasteiger partial charge is 0.624 e. The minimum absolute atomic E-state index is 0.0161. The van der Waals surface area contributed by atoms with Gasteiger partial charge in [-0.25, -0.2) is 4.74 Å². The Balaban J connectivity index is 1.86. The van der Waals surface area contributed by atoms with Crippen molar-refractivity contribution < 1.29 is 9.66 Å². The molecule has 130 valence electrons. The lowest BCUT2D eigenvalue weighted by Crippen LogP contribution is -2.25. The maximum atomic E-state index is 12.5. The Kier molecular flexibility index (Phi) is 5.76. The van der Waals surface area contributed by atoms with Gasteiger partial charge in [-0.3, -0.25) is 10.1 Å². The van der Waals surface area contributed by atoms with E-state index in [2.05, 4.69) is 0 Å². The van der Waals surface area contributed by atoms with Gasteiger partial charge in [0.25, 0.3) is 5.69 Å². The van der Waals surface area contributed by atoms with E-state index in [4.69, 9.17) is 0 Å². The van der Waals surface area contributed by atoms with E-state index < -0.39 is 4.92 Å². The molecular weight excluding hydrogens is 324 g/mol. The van der Waals surface area contributed by atoms with E-state index in [9.17, 15) is 15.3 Å². The van der Waals surface area contributed by atoms with E-state index >= 15 is 0 Å². The van der Waals surface area contributed by atoms with Gasteiger partial charge in [0.05, 0.1) is 10.5 Å². The number of hydroxylamine groups is 1. The molecule has 0 N–H and O–H groups in total. The van der Waals surface area contributed by atoms with Gasteiger partial charge in [-0.05, 0) is 31.7 Å². The maximum absolute atomic E-state index is 12.5. The van der Waals surface area contributed by atoms with Gasteiger partial charge in [-0.2, -0.15) is 0 Å². The Morgan fingerprint density at radius 3 is 2.33 bits per heavy atom. The molecule has 2 aliphatic carbocycles. The van der Waals surface area contributed by atoms with E-state index in [1.54, 1.807) is 30.1 Å². The van der Waals surface area contributed by atoms with Crippen LogP contribution in [-0.4, -0.2) is 27.2 Å². The molecule has 1 aromatic rings. The molecule has 3 rings (SSSR count). The van der Waals surface area contributed by atoms with Gasteiger partial charge in [0.2, 0.25) is 0 Å². The topological polar surface area (TPSA) is 69.2 Å². The highest BCUT2D eigenvalue weighted by Gasteiger charge is 2.22. The van der Waals surface area contributed by atoms with Gasteiger partial charge in [0.1, 0.15) is 0 Å². The summed E-state index contributed by atoms with van der Waals surface area (Å²) in [5.41, 5.74) is 0.746. The Labute approximate surface area is 146 Å². The molecule has 0 radical (unpaired) electrons. The molecule has 0 aromatic heterocycles. The van der Waals surface area contributed by atoms with Crippen LogP contribution in [0.5, 0.6) is 0 Å². The van der Waals surface area contributed by atoms with Gasteiger partial charge in [0, 0.05) is 35.1 Å². The van der Waals surface area contributed by atoms with Gasteiger partial charge in [-0.15, -0.1) is 11.8 Å². The molecule has 0 atom stereocenters. The van der Waals surface area contributed by atoms with Crippen LogP contribution in [0.3, 0.4) is 0 Å². The quantitative estimate of drug-likeness (QED) is 0.250. The van der Waals surface area contributed by atoms with Crippen LogP contribution in [0.2, 0.25) is 0 Å². The molecule has 0 unspecified atom stereocenters. The summed E-state index contributed by atoms with van der Waals surface area (Å²) in [6.07, 6.45) is 11.7. The summed E-state index contributed by atoms with van der Waals surface area (Å²) in [6, 6.07) is 4.92. The van der Waals surface area contributed by atoms with Crippen LogP contribution in [0.25, 0.3) is 0 Å². The third-order valence-electron chi connectivity index (χ3n) is 5.00. The average Bonchev–Trinajstić information content (AvgIpc) is 3.10. The lowest BCUT2D eigenvalue weighted by molar-refractivity contribution is -0.500. The highest BCUT2D eigenvalue weighted by Crippen LogP contribution is 2.37. The van der Waals surface area contributed by atoms with Crippen LogP contribution in [0.4, 0.5) is 5.69 Å². The average molecular weight is 348 g/mol. The molecule has 0 bridgehead atoms. The smallest absolute Gasteiger partial charge is 0.270 e. The third kappa shape index (κ3) is 4.29. The molecule has 2 aliphatic rings. The zero-order valence-corrected chi connectivity index (χ0v) is 14.7. The fourth-order valence-corrected chi connectivity index (χ4v) is 4.94. The summed E-state index contributed by atoms with van der Waals surface area (Å²) in [5, 5.41) is 24.2. The first-order valence-electron chi connectivity index (χ1n) is 8.89. The van der Waals surface area contributed by atoms with Gasteiger partial charge in [0.15, 0.2) is 12.3 Å². The van der Waals surface area contributed by atoms with Crippen LogP contribution >= 0.6 is 11.8 Å². The molecule has 24 heavy (non-hydrogen) atoms. The van der Waals surface area contributed by atoms with Gasteiger partial charge < -0.3 is 5.21 Å². The number of non-ortho nitro benzene ring substituents is 1. The van der Waals surface area contributed by atoms with Crippen LogP contribution in [0, 0.1) is 15.3 Å².